The van der Waals surface area contributed by atoms with Gasteiger partial charge >= 0.3 is 5.97 Å². The van der Waals surface area contributed by atoms with Gasteiger partial charge in [-0.25, -0.2) is 0 Å². The molecule has 0 radical (unpaired) electrons. The number of aryl methyl sites for hydroxylation is 2. The predicted octanol–water partition coefficient (Wildman–Crippen LogP) is 0.843. The fraction of sp³-hybridized carbons (Fsp3) is 0.636. The van der Waals surface area contributed by atoms with Crippen molar-refractivity contribution in [1.29, 1.82) is 0 Å². The van der Waals surface area contributed by atoms with Gasteiger partial charge in [0.25, 0.3) is 0 Å². The van der Waals surface area contributed by atoms with Gasteiger partial charge in [-0.15, -0.1) is 0 Å². The van der Waals surface area contributed by atoms with Crippen molar-refractivity contribution in [3.63, 3.8) is 0 Å². The largest absolute Gasteiger partial charge is 0.481 e. The molecule has 0 saturated carbocycles. The number of carboxylic acid groups (broad SMARTS) is 1. The molecule has 1 heterocycles. The minimum Gasteiger partial charge on any atom is -0.481 e. The molecule has 0 saturated heterocycles. The van der Waals surface area contributed by atoms with Crippen LogP contribution in [0, 0.1) is 0 Å². The first-order chi connectivity index (χ1) is 7.56. The number of aromatic nitrogens is 2. The first-order valence-corrected chi connectivity index (χ1v) is 5.52. The number of aliphatic hydroxyl groups excluding tert-OH is 1. The van der Waals surface area contributed by atoms with Crippen LogP contribution < -0.4 is 0 Å². The first kappa shape index (κ1) is 12.7. The van der Waals surface area contributed by atoms with Crippen LogP contribution in [0.15, 0.2) is 6.07 Å². The van der Waals surface area contributed by atoms with Crippen molar-refractivity contribution in [2.75, 3.05) is 0 Å². The molecule has 0 aliphatic rings. The summed E-state index contributed by atoms with van der Waals surface area (Å²) in [4.78, 5) is 10.4. The summed E-state index contributed by atoms with van der Waals surface area (Å²) < 4.78 is 1.70. The Balaban J connectivity index is 2.71. The van der Waals surface area contributed by atoms with E-state index in [-0.39, 0.29) is 13.0 Å². The molecule has 90 valence electrons. The van der Waals surface area contributed by atoms with Gasteiger partial charge in [0, 0.05) is 5.69 Å². The number of nitrogens with zero attached hydrogens (tertiary/aromatic N) is 2. The van der Waals surface area contributed by atoms with E-state index in [2.05, 4.69) is 5.10 Å². The van der Waals surface area contributed by atoms with E-state index in [0.717, 1.165) is 24.2 Å². The third-order valence-corrected chi connectivity index (χ3v) is 2.43. The summed E-state index contributed by atoms with van der Waals surface area (Å²) in [6.45, 7) is 4.27. The standard InChI is InChI=1S/C11H18N2O3/c1-3-8-5-9(4-2)13(12-8)7-10(14)6-11(15)16/h5,10,14H,3-4,6-7H2,1-2H3,(H,15,16). The maximum Gasteiger partial charge on any atom is 0.306 e. The van der Waals surface area contributed by atoms with Crippen molar-refractivity contribution in [2.45, 2.75) is 45.8 Å². The Hall–Kier alpha value is -1.36. The zero-order chi connectivity index (χ0) is 12.1. The predicted molar refractivity (Wildman–Crippen MR) is 59.2 cm³/mol. The Morgan fingerprint density at radius 2 is 2.19 bits per heavy atom. The summed E-state index contributed by atoms with van der Waals surface area (Å²) in [5, 5.41) is 22.4. The summed E-state index contributed by atoms with van der Waals surface area (Å²) in [7, 11) is 0. The molecule has 0 bridgehead atoms. The van der Waals surface area contributed by atoms with Gasteiger partial charge < -0.3 is 10.2 Å². The van der Waals surface area contributed by atoms with Crippen LogP contribution in [0.1, 0.15) is 31.7 Å². The number of rotatable bonds is 6. The van der Waals surface area contributed by atoms with E-state index in [1.54, 1.807) is 4.68 Å². The molecule has 5 nitrogen and oxygen atoms in total. The van der Waals surface area contributed by atoms with Gasteiger partial charge in [0.2, 0.25) is 0 Å². The molecule has 1 rings (SSSR count). The van der Waals surface area contributed by atoms with Crippen molar-refractivity contribution >= 4 is 5.97 Å². The van der Waals surface area contributed by atoms with Crippen LogP contribution in [-0.4, -0.2) is 32.1 Å². The van der Waals surface area contributed by atoms with Crippen LogP contribution in [0.3, 0.4) is 0 Å². The van der Waals surface area contributed by atoms with Crippen LogP contribution in [0.25, 0.3) is 0 Å². The number of aliphatic carboxylic acids is 1. The topological polar surface area (TPSA) is 75.4 Å². The average molecular weight is 226 g/mol. The highest BCUT2D eigenvalue weighted by molar-refractivity contribution is 5.67. The van der Waals surface area contributed by atoms with E-state index in [9.17, 15) is 9.90 Å². The molecule has 0 aromatic carbocycles. The maximum atomic E-state index is 10.4. The zero-order valence-electron chi connectivity index (χ0n) is 9.68. The molecule has 1 aromatic rings. The van der Waals surface area contributed by atoms with E-state index in [1.165, 1.54) is 0 Å². The highest BCUT2D eigenvalue weighted by atomic mass is 16.4. The van der Waals surface area contributed by atoms with Gasteiger partial charge in [-0.1, -0.05) is 13.8 Å². The lowest BCUT2D eigenvalue weighted by atomic mass is 10.2. The monoisotopic (exact) mass is 226 g/mol. The minimum atomic E-state index is -0.992. The molecule has 5 heteroatoms. The van der Waals surface area contributed by atoms with Crippen LogP contribution >= 0.6 is 0 Å². The Morgan fingerprint density at radius 3 is 2.69 bits per heavy atom. The fourth-order valence-corrected chi connectivity index (χ4v) is 1.60. The van der Waals surface area contributed by atoms with Crippen molar-refractivity contribution in [1.82, 2.24) is 9.78 Å². The first-order valence-electron chi connectivity index (χ1n) is 5.52. The number of carbonyl (C=O) groups is 1. The van der Waals surface area contributed by atoms with Gasteiger partial charge in [0.1, 0.15) is 0 Å². The average Bonchev–Trinajstić information content (AvgIpc) is 2.59. The third-order valence-electron chi connectivity index (χ3n) is 2.43. The summed E-state index contributed by atoms with van der Waals surface area (Å²) in [6.07, 6.45) is 0.541. The van der Waals surface area contributed by atoms with Crippen LogP contribution in [-0.2, 0) is 24.2 Å². The number of hydrogen-bond donors (Lipinski definition) is 2. The van der Waals surface area contributed by atoms with Crippen molar-refractivity contribution in [3.8, 4) is 0 Å². The molecule has 1 aromatic heterocycles. The molecule has 2 N–H and O–H groups in total. The molecule has 0 aliphatic heterocycles. The van der Waals surface area contributed by atoms with Crippen molar-refractivity contribution < 1.29 is 15.0 Å². The second-order valence-corrected chi connectivity index (χ2v) is 3.77. The quantitative estimate of drug-likeness (QED) is 0.753. The molecule has 16 heavy (non-hydrogen) atoms. The normalized spacial score (nSPS) is 12.7. The number of aliphatic hydroxyl groups is 1. The van der Waals surface area contributed by atoms with E-state index >= 15 is 0 Å². The smallest absolute Gasteiger partial charge is 0.306 e. The van der Waals surface area contributed by atoms with Gasteiger partial charge in [-0.3, -0.25) is 9.48 Å². The molecular formula is C11H18N2O3. The van der Waals surface area contributed by atoms with Crippen molar-refractivity contribution in [2.24, 2.45) is 0 Å². The lowest BCUT2D eigenvalue weighted by molar-refractivity contribution is -0.139. The third kappa shape index (κ3) is 3.34. The molecule has 0 fully saturated rings. The molecule has 1 unspecified atom stereocenters. The Kier molecular flexibility index (Phi) is 4.49. The SMILES string of the molecule is CCc1cc(CC)n(CC(O)CC(=O)O)n1. The van der Waals surface area contributed by atoms with Crippen LogP contribution in [0.5, 0.6) is 0 Å². The molecule has 0 spiro atoms. The van der Waals surface area contributed by atoms with E-state index in [4.69, 9.17) is 5.11 Å². The molecule has 1 atom stereocenters. The minimum absolute atomic E-state index is 0.246. The van der Waals surface area contributed by atoms with Crippen molar-refractivity contribution in [3.05, 3.63) is 17.5 Å². The Bertz CT molecular complexity index is 360. The van der Waals surface area contributed by atoms with Crippen LogP contribution in [0.2, 0.25) is 0 Å². The summed E-state index contributed by atoms with van der Waals surface area (Å²) in [5.74, 6) is -0.992. The van der Waals surface area contributed by atoms with E-state index < -0.39 is 12.1 Å². The lowest BCUT2D eigenvalue weighted by Crippen LogP contribution is -2.21. The lowest BCUT2D eigenvalue weighted by Gasteiger charge is -2.10. The Morgan fingerprint density at radius 1 is 1.50 bits per heavy atom. The van der Waals surface area contributed by atoms with Gasteiger partial charge in [-0.2, -0.15) is 5.10 Å². The fourth-order valence-electron chi connectivity index (χ4n) is 1.60. The summed E-state index contributed by atoms with van der Waals surface area (Å²) in [5.41, 5.74) is 2.00. The molecule has 0 aliphatic carbocycles. The van der Waals surface area contributed by atoms with Gasteiger partial charge in [0.05, 0.1) is 24.8 Å². The van der Waals surface area contributed by atoms with E-state index in [1.807, 2.05) is 19.9 Å². The number of hydrogen-bond acceptors (Lipinski definition) is 3. The summed E-state index contributed by atoms with van der Waals surface area (Å²) >= 11 is 0. The Labute approximate surface area is 94.7 Å². The van der Waals surface area contributed by atoms with Gasteiger partial charge in [-0.05, 0) is 18.9 Å². The molecular weight excluding hydrogens is 208 g/mol. The maximum absolute atomic E-state index is 10.4. The zero-order valence-corrected chi connectivity index (χ0v) is 9.68. The second kappa shape index (κ2) is 5.65. The summed E-state index contributed by atoms with van der Waals surface area (Å²) in [6, 6.07) is 1.99. The highest BCUT2D eigenvalue weighted by Gasteiger charge is 2.13. The number of carboxylic acids is 1. The van der Waals surface area contributed by atoms with Gasteiger partial charge in [0.15, 0.2) is 0 Å². The molecule has 0 amide bonds. The van der Waals surface area contributed by atoms with E-state index in [0.29, 0.717) is 0 Å². The second-order valence-electron chi connectivity index (χ2n) is 3.77. The van der Waals surface area contributed by atoms with Crippen LogP contribution in [0.4, 0.5) is 0 Å². The highest BCUT2D eigenvalue weighted by Crippen LogP contribution is 2.08.